The fourth-order valence-corrected chi connectivity index (χ4v) is 1.47. The predicted octanol–water partition coefficient (Wildman–Crippen LogP) is 0.513. The minimum Gasteiger partial charge on any atom is -0.394 e. The highest BCUT2D eigenvalue weighted by molar-refractivity contribution is 5.72. The Bertz CT molecular complexity index is 280. The molecule has 7 nitrogen and oxygen atoms in total. The summed E-state index contributed by atoms with van der Waals surface area (Å²) < 4.78 is 10.0. The Morgan fingerprint density at radius 3 is 2.00 bits per heavy atom. The first-order valence-electron chi connectivity index (χ1n) is 7.99. The number of rotatable bonds is 3. The number of aliphatic hydroxyl groups is 3. The lowest BCUT2D eigenvalue weighted by Gasteiger charge is -2.40. The smallest absolute Gasteiger partial charge is 0.216 e. The summed E-state index contributed by atoms with van der Waals surface area (Å²) in [5.74, 6) is 0.589. The largest absolute Gasteiger partial charge is 0.394 e. The van der Waals surface area contributed by atoms with Crippen LogP contribution in [0, 0.1) is 11.8 Å². The lowest BCUT2D eigenvalue weighted by atomic mass is 9.91. The van der Waals surface area contributed by atoms with Crippen molar-refractivity contribution in [2.75, 3.05) is 20.8 Å². The van der Waals surface area contributed by atoms with E-state index in [0.717, 1.165) is 5.92 Å². The van der Waals surface area contributed by atoms with Crippen LogP contribution in [0.25, 0.3) is 0 Å². The van der Waals surface area contributed by atoms with Gasteiger partial charge in [-0.05, 0) is 5.92 Å². The Morgan fingerprint density at radius 2 is 1.74 bits per heavy atom. The van der Waals surface area contributed by atoms with E-state index in [1.807, 2.05) is 0 Å². The monoisotopic (exact) mass is 337 g/mol. The van der Waals surface area contributed by atoms with Crippen molar-refractivity contribution in [3.05, 3.63) is 0 Å². The molecular formula is C16H35NO6. The second-order valence-corrected chi connectivity index (χ2v) is 5.91. The quantitative estimate of drug-likeness (QED) is 0.598. The summed E-state index contributed by atoms with van der Waals surface area (Å²) in [6.07, 6.45) is -2.01. The predicted molar refractivity (Wildman–Crippen MR) is 88.8 cm³/mol. The van der Waals surface area contributed by atoms with E-state index < -0.39 is 24.6 Å². The summed E-state index contributed by atoms with van der Waals surface area (Å²) in [5, 5.41) is 30.3. The number of carbonyl (C=O) groups excluding carboxylic acids is 1. The molecule has 0 aromatic heterocycles. The van der Waals surface area contributed by atoms with Crippen molar-refractivity contribution in [3.63, 3.8) is 0 Å². The van der Waals surface area contributed by atoms with E-state index >= 15 is 0 Å². The van der Waals surface area contributed by atoms with Crippen LogP contribution >= 0.6 is 0 Å². The average molecular weight is 337 g/mol. The van der Waals surface area contributed by atoms with Gasteiger partial charge in [0.15, 0.2) is 6.29 Å². The standard InChI is InChI=1S/C8H16O5.C5H12.C3H7NO/c1-4-5(3-9)13-8(12-2)7(11)6(4)10;1-4-5(2)3;1-3(5)4-2/h4-11H,3H2,1-2H3;5H,4H2,1-3H3;1-2H3,(H,4,5). The maximum atomic E-state index is 9.70. The topological polar surface area (TPSA) is 108 Å². The fourth-order valence-electron chi connectivity index (χ4n) is 1.47. The molecule has 1 rings (SSSR count). The minimum atomic E-state index is -1.05. The van der Waals surface area contributed by atoms with E-state index in [1.165, 1.54) is 20.5 Å². The first kappa shape index (κ1) is 24.5. The summed E-state index contributed by atoms with van der Waals surface area (Å²) in [4.78, 5) is 9.70. The lowest BCUT2D eigenvalue weighted by Crippen LogP contribution is -2.55. The zero-order valence-electron chi connectivity index (χ0n) is 15.4. The summed E-state index contributed by atoms with van der Waals surface area (Å²) >= 11 is 0. The third kappa shape index (κ3) is 10.6. The van der Waals surface area contributed by atoms with E-state index in [9.17, 15) is 15.0 Å². The van der Waals surface area contributed by atoms with Gasteiger partial charge in [0, 0.05) is 27.0 Å². The van der Waals surface area contributed by atoms with E-state index in [4.69, 9.17) is 14.6 Å². The third-order valence-corrected chi connectivity index (χ3v) is 3.64. The van der Waals surface area contributed by atoms with Crippen LogP contribution in [0.15, 0.2) is 0 Å². The highest BCUT2D eigenvalue weighted by atomic mass is 16.7. The van der Waals surface area contributed by atoms with Crippen molar-refractivity contribution in [3.8, 4) is 0 Å². The van der Waals surface area contributed by atoms with Crippen molar-refractivity contribution in [1.29, 1.82) is 0 Å². The van der Waals surface area contributed by atoms with Crippen molar-refractivity contribution in [1.82, 2.24) is 5.32 Å². The Kier molecular flexibility index (Phi) is 14.6. The number of carbonyl (C=O) groups is 1. The average Bonchev–Trinajstić information content (AvgIpc) is 2.54. The summed E-state index contributed by atoms with van der Waals surface area (Å²) in [6.45, 7) is 9.64. The molecular weight excluding hydrogens is 302 g/mol. The number of nitrogens with one attached hydrogen (secondary N) is 1. The van der Waals surface area contributed by atoms with Crippen LogP contribution in [-0.2, 0) is 14.3 Å². The van der Waals surface area contributed by atoms with Gasteiger partial charge in [0.1, 0.15) is 6.10 Å². The molecule has 1 aliphatic heterocycles. The van der Waals surface area contributed by atoms with Crippen molar-refractivity contribution in [2.45, 2.75) is 65.6 Å². The normalized spacial score (nSPS) is 29.8. The Morgan fingerprint density at radius 1 is 1.30 bits per heavy atom. The summed E-state index contributed by atoms with van der Waals surface area (Å²) in [7, 11) is 2.98. The van der Waals surface area contributed by atoms with Gasteiger partial charge in [-0.2, -0.15) is 0 Å². The fraction of sp³-hybridized carbons (Fsp3) is 0.938. The Labute approximate surface area is 140 Å². The number of amides is 1. The highest BCUT2D eigenvalue weighted by Gasteiger charge is 2.41. The highest BCUT2D eigenvalue weighted by Crippen LogP contribution is 2.25. The molecule has 1 heterocycles. The molecule has 23 heavy (non-hydrogen) atoms. The van der Waals surface area contributed by atoms with Gasteiger partial charge in [0.2, 0.25) is 5.91 Å². The molecule has 0 aromatic carbocycles. The SMILES string of the molecule is CCC(C)C.CNC(C)=O.COC1OC(CO)C(C)C(O)C1O. The molecule has 1 amide bonds. The van der Waals surface area contributed by atoms with Crippen molar-refractivity contribution in [2.24, 2.45) is 11.8 Å². The second-order valence-electron chi connectivity index (χ2n) is 5.91. The van der Waals surface area contributed by atoms with Gasteiger partial charge in [-0.3, -0.25) is 4.79 Å². The van der Waals surface area contributed by atoms with Gasteiger partial charge in [0.25, 0.3) is 0 Å². The maximum Gasteiger partial charge on any atom is 0.216 e. The number of hydrogen-bond acceptors (Lipinski definition) is 6. The van der Waals surface area contributed by atoms with E-state index in [1.54, 1.807) is 14.0 Å². The molecule has 0 bridgehead atoms. The maximum absolute atomic E-state index is 9.70. The molecule has 0 radical (unpaired) electrons. The number of methoxy groups -OCH3 is 1. The summed E-state index contributed by atoms with van der Waals surface area (Å²) in [6, 6.07) is 0. The molecule has 0 aliphatic carbocycles. The van der Waals surface area contributed by atoms with Crippen LogP contribution in [0.5, 0.6) is 0 Å². The van der Waals surface area contributed by atoms with Crippen molar-refractivity contribution < 1.29 is 29.6 Å². The molecule has 0 aromatic rings. The van der Waals surface area contributed by atoms with Crippen LogP contribution in [0.4, 0.5) is 0 Å². The number of hydrogen-bond donors (Lipinski definition) is 4. The molecule has 0 saturated carbocycles. The van der Waals surface area contributed by atoms with Gasteiger partial charge in [-0.25, -0.2) is 0 Å². The zero-order chi connectivity index (χ0) is 18.6. The van der Waals surface area contributed by atoms with Gasteiger partial charge >= 0.3 is 0 Å². The number of aliphatic hydroxyl groups excluding tert-OH is 3. The molecule has 7 heteroatoms. The van der Waals surface area contributed by atoms with Crippen molar-refractivity contribution >= 4 is 5.91 Å². The number of ether oxygens (including phenoxy) is 2. The molecule has 5 unspecified atom stereocenters. The summed E-state index contributed by atoms with van der Waals surface area (Å²) in [5.41, 5.74) is 0. The van der Waals surface area contributed by atoms with Crippen LogP contribution in [0.2, 0.25) is 0 Å². The minimum absolute atomic E-state index is 0.00463. The molecule has 1 saturated heterocycles. The van der Waals surface area contributed by atoms with Gasteiger partial charge in [0.05, 0.1) is 18.8 Å². The van der Waals surface area contributed by atoms with E-state index in [0.29, 0.717) is 0 Å². The first-order chi connectivity index (χ1) is 10.7. The van der Waals surface area contributed by atoms with Crippen LogP contribution < -0.4 is 5.32 Å². The Hall–Kier alpha value is -0.730. The molecule has 1 aliphatic rings. The van der Waals surface area contributed by atoms with Crippen LogP contribution in [0.1, 0.15) is 41.0 Å². The molecule has 140 valence electrons. The molecule has 0 spiro atoms. The lowest BCUT2D eigenvalue weighted by molar-refractivity contribution is -0.280. The van der Waals surface area contributed by atoms with Gasteiger partial charge < -0.3 is 30.1 Å². The van der Waals surface area contributed by atoms with Gasteiger partial charge in [-0.1, -0.05) is 34.1 Å². The second kappa shape index (κ2) is 13.7. The molecule has 1 fully saturated rings. The zero-order valence-corrected chi connectivity index (χ0v) is 15.4. The van der Waals surface area contributed by atoms with E-state index in [2.05, 4.69) is 26.1 Å². The molecule has 5 atom stereocenters. The van der Waals surface area contributed by atoms with Crippen LogP contribution in [-0.4, -0.2) is 66.6 Å². The first-order valence-corrected chi connectivity index (χ1v) is 7.99. The third-order valence-electron chi connectivity index (χ3n) is 3.64. The Balaban J connectivity index is 0. The molecule has 4 N–H and O–H groups in total. The van der Waals surface area contributed by atoms with E-state index in [-0.39, 0.29) is 18.4 Å². The van der Waals surface area contributed by atoms with Crippen LogP contribution in [0.3, 0.4) is 0 Å². The van der Waals surface area contributed by atoms with Gasteiger partial charge in [-0.15, -0.1) is 0 Å².